The molecule has 102 valence electrons. The molecule has 1 saturated carbocycles. The van der Waals surface area contributed by atoms with E-state index in [0.717, 1.165) is 12.1 Å². The van der Waals surface area contributed by atoms with Crippen LogP contribution in [0.5, 0.6) is 0 Å². The third kappa shape index (κ3) is 4.03. The minimum Gasteiger partial charge on any atom is -0.389 e. The summed E-state index contributed by atoms with van der Waals surface area (Å²) in [6, 6.07) is 7.17. The summed E-state index contributed by atoms with van der Waals surface area (Å²) in [5, 5.41) is 3.01. The first-order valence-corrected chi connectivity index (χ1v) is 7.25. The maximum atomic E-state index is 12.1. The van der Waals surface area contributed by atoms with E-state index in [1.165, 1.54) is 32.1 Å². The zero-order chi connectivity index (χ0) is 13.7. The van der Waals surface area contributed by atoms with Crippen LogP contribution in [0.2, 0.25) is 0 Å². The quantitative estimate of drug-likeness (QED) is 0.831. The first-order valence-electron chi connectivity index (χ1n) is 6.85. The minimum atomic E-state index is -0.0383. The van der Waals surface area contributed by atoms with E-state index in [2.05, 4.69) is 5.32 Å². The lowest BCUT2D eigenvalue weighted by atomic mass is 9.89. The van der Waals surface area contributed by atoms with E-state index >= 15 is 0 Å². The summed E-state index contributed by atoms with van der Waals surface area (Å²) in [5.74, 6) is 0.597. The van der Waals surface area contributed by atoms with Crippen LogP contribution in [-0.4, -0.2) is 17.4 Å². The molecule has 3 N–H and O–H groups in total. The maximum absolute atomic E-state index is 12.1. The maximum Gasteiger partial charge on any atom is 0.251 e. The van der Waals surface area contributed by atoms with Crippen LogP contribution in [0.4, 0.5) is 0 Å². The Hall–Kier alpha value is -1.42. The molecular formula is C15H20N2OS. The molecule has 0 aromatic heterocycles. The molecule has 0 aliphatic heterocycles. The monoisotopic (exact) mass is 276 g/mol. The lowest BCUT2D eigenvalue weighted by Crippen LogP contribution is -2.30. The van der Waals surface area contributed by atoms with Gasteiger partial charge in [-0.15, -0.1) is 0 Å². The number of hydrogen-bond donors (Lipinski definition) is 2. The Morgan fingerprint density at radius 3 is 2.63 bits per heavy atom. The highest BCUT2D eigenvalue weighted by Gasteiger charge is 2.15. The number of thiocarbonyl (C=S) groups is 1. The van der Waals surface area contributed by atoms with Crippen LogP contribution in [0.15, 0.2) is 24.3 Å². The molecule has 2 rings (SSSR count). The largest absolute Gasteiger partial charge is 0.389 e. The standard InChI is InChI=1S/C15H20N2OS/c16-14(19)12-7-4-8-13(9-12)15(18)17-10-11-5-2-1-3-6-11/h4,7-9,11H,1-3,5-6,10H2,(H2,16,19)(H,17,18). The average Bonchev–Trinajstić information content (AvgIpc) is 2.46. The highest BCUT2D eigenvalue weighted by atomic mass is 32.1. The summed E-state index contributed by atoms with van der Waals surface area (Å²) in [7, 11) is 0. The molecule has 0 saturated heterocycles. The fourth-order valence-electron chi connectivity index (χ4n) is 2.54. The first kappa shape index (κ1) is 14.0. The summed E-state index contributed by atoms with van der Waals surface area (Å²) < 4.78 is 0. The topological polar surface area (TPSA) is 55.1 Å². The molecule has 0 radical (unpaired) electrons. The smallest absolute Gasteiger partial charge is 0.251 e. The van der Waals surface area contributed by atoms with Gasteiger partial charge in [0.15, 0.2) is 0 Å². The second kappa shape index (κ2) is 6.66. The van der Waals surface area contributed by atoms with Crippen LogP contribution in [0.3, 0.4) is 0 Å². The van der Waals surface area contributed by atoms with Crippen LogP contribution in [0, 0.1) is 5.92 Å². The van der Waals surface area contributed by atoms with E-state index in [4.69, 9.17) is 18.0 Å². The molecule has 3 nitrogen and oxygen atoms in total. The number of carbonyl (C=O) groups is 1. The van der Waals surface area contributed by atoms with Gasteiger partial charge in [-0.2, -0.15) is 0 Å². The Kier molecular flexibility index (Phi) is 4.91. The lowest BCUT2D eigenvalue weighted by Gasteiger charge is -2.21. The van der Waals surface area contributed by atoms with Crippen molar-refractivity contribution in [1.29, 1.82) is 0 Å². The Morgan fingerprint density at radius 2 is 1.95 bits per heavy atom. The molecule has 1 aliphatic carbocycles. The van der Waals surface area contributed by atoms with Gasteiger partial charge in [0.25, 0.3) is 5.91 Å². The van der Waals surface area contributed by atoms with Crippen molar-refractivity contribution in [3.63, 3.8) is 0 Å². The van der Waals surface area contributed by atoms with Gasteiger partial charge >= 0.3 is 0 Å². The molecule has 19 heavy (non-hydrogen) atoms. The summed E-state index contributed by atoms with van der Waals surface area (Å²) >= 11 is 4.92. The molecule has 1 fully saturated rings. The first-order chi connectivity index (χ1) is 9.16. The van der Waals surface area contributed by atoms with Gasteiger partial charge in [-0.1, -0.05) is 43.6 Å². The van der Waals surface area contributed by atoms with E-state index in [1.807, 2.05) is 12.1 Å². The molecule has 0 heterocycles. The highest BCUT2D eigenvalue weighted by Crippen LogP contribution is 2.22. The number of nitrogens with two attached hydrogens (primary N) is 1. The van der Waals surface area contributed by atoms with Gasteiger partial charge in [-0.3, -0.25) is 4.79 Å². The molecule has 0 spiro atoms. The fourth-order valence-corrected chi connectivity index (χ4v) is 2.67. The van der Waals surface area contributed by atoms with E-state index in [-0.39, 0.29) is 5.91 Å². The van der Waals surface area contributed by atoms with Crippen LogP contribution in [0.1, 0.15) is 48.0 Å². The lowest BCUT2D eigenvalue weighted by molar-refractivity contribution is 0.0943. The number of hydrogen-bond acceptors (Lipinski definition) is 2. The fraction of sp³-hybridized carbons (Fsp3) is 0.467. The van der Waals surface area contributed by atoms with Gasteiger partial charge in [-0.25, -0.2) is 0 Å². The van der Waals surface area contributed by atoms with E-state index < -0.39 is 0 Å². The van der Waals surface area contributed by atoms with E-state index in [1.54, 1.807) is 12.1 Å². The van der Waals surface area contributed by atoms with Crippen molar-refractivity contribution in [2.75, 3.05) is 6.54 Å². The van der Waals surface area contributed by atoms with Crippen molar-refractivity contribution in [1.82, 2.24) is 5.32 Å². The van der Waals surface area contributed by atoms with Crippen molar-refractivity contribution in [3.8, 4) is 0 Å². The number of rotatable bonds is 4. The normalized spacial score (nSPS) is 16.0. The Morgan fingerprint density at radius 1 is 1.26 bits per heavy atom. The summed E-state index contributed by atoms with van der Waals surface area (Å²) in [5.41, 5.74) is 6.94. The van der Waals surface area contributed by atoms with Gasteiger partial charge in [-0.05, 0) is 30.9 Å². The summed E-state index contributed by atoms with van der Waals surface area (Å²) in [6.07, 6.45) is 6.37. The van der Waals surface area contributed by atoms with Gasteiger partial charge in [0.1, 0.15) is 4.99 Å². The number of carbonyl (C=O) groups excluding carboxylic acids is 1. The van der Waals surface area contributed by atoms with Crippen molar-refractivity contribution < 1.29 is 4.79 Å². The average molecular weight is 276 g/mol. The minimum absolute atomic E-state index is 0.0383. The van der Waals surface area contributed by atoms with Crippen LogP contribution in [-0.2, 0) is 0 Å². The summed E-state index contributed by atoms with van der Waals surface area (Å²) in [6.45, 7) is 0.774. The second-order valence-corrected chi connectivity index (χ2v) is 5.60. The molecule has 1 aromatic carbocycles. The van der Waals surface area contributed by atoms with E-state index in [9.17, 15) is 4.79 Å². The van der Waals surface area contributed by atoms with Gasteiger partial charge in [0.05, 0.1) is 0 Å². The second-order valence-electron chi connectivity index (χ2n) is 5.16. The molecule has 0 bridgehead atoms. The predicted octanol–water partition coefficient (Wildman–Crippen LogP) is 2.63. The number of nitrogens with one attached hydrogen (secondary N) is 1. The Bertz CT molecular complexity index is 467. The third-order valence-electron chi connectivity index (χ3n) is 3.69. The highest BCUT2D eigenvalue weighted by molar-refractivity contribution is 7.80. The SMILES string of the molecule is NC(=S)c1cccc(C(=O)NCC2CCCCC2)c1. The van der Waals surface area contributed by atoms with Gasteiger partial charge in [0, 0.05) is 17.7 Å². The van der Waals surface area contributed by atoms with Gasteiger partial charge < -0.3 is 11.1 Å². The zero-order valence-corrected chi connectivity index (χ0v) is 11.8. The molecule has 4 heteroatoms. The van der Waals surface area contributed by atoms with Crippen LogP contribution in [0.25, 0.3) is 0 Å². The summed E-state index contributed by atoms with van der Waals surface area (Å²) in [4.78, 5) is 12.4. The number of amides is 1. The van der Waals surface area contributed by atoms with Crippen molar-refractivity contribution in [3.05, 3.63) is 35.4 Å². The molecular weight excluding hydrogens is 256 g/mol. The molecule has 0 unspecified atom stereocenters. The zero-order valence-electron chi connectivity index (χ0n) is 11.0. The van der Waals surface area contributed by atoms with Crippen molar-refractivity contribution in [2.45, 2.75) is 32.1 Å². The molecule has 1 amide bonds. The molecule has 1 aromatic rings. The van der Waals surface area contributed by atoms with Gasteiger partial charge in [0.2, 0.25) is 0 Å². The van der Waals surface area contributed by atoms with Crippen LogP contribution >= 0.6 is 12.2 Å². The third-order valence-corrected chi connectivity index (χ3v) is 3.92. The van der Waals surface area contributed by atoms with E-state index in [0.29, 0.717) is 16.5 Å². The van der Waals surface area contributed by atoms with Crippen molar-refractivity contribution >= 4 is 23.1 Å². The Labute approximate surface area is 119 Å². The Balaban J connectivity index is 1.92. The van der Waals surface area contributed by atoms with Crippen LogP contribution < -0.4 is 11.1 Å². The molecule has 1 aliphatic rings. The number of benzene rings is 1. The predicted molar refractivity (Wildman–Crippen MR) is 81.2 cm³/mol. The van der Waals surface area contributed by atoms with Crippen molar-refractivity contribution in [2.24, 2.45) is 11.7 Å². The molecule has 0 atom stereocenters.